The number of hydrogen-bond donors (Lipinski definition) is 0. The monoisotopic (exact) mass is 270 g/mol. The fraction of sp³-hybridized carbons (Fsp3) is 0.737. The molecule has 2 fully saturated rings. The molecule has 1 heteroatoms. The topological polar surface area (TPSA) is 17.1 Å². The summed E-state index contributed by atoms with van der Waals surface area (Å²) in [6.45, 7) is 4.87. The highest BCUT2D eigenvalue weighted by Gasteiger charge is 2.56. The molecule has 0 bridgehead atoms. The molecule has 4 rings (SSSR count). The molecule has 2 saturated carbocycles. The van der Waals surface area contributed by atoms with Crippen molar-refractivity contribution in [3.05, 3.63) is 24.3 Å². The van der Waals surface area contributed by atoms with Crippen molar-refractivity contribution >= 4 is 5.78 Å². The van der Waals surface area contributed by atoms with E-state index in [4.69, 9.17) is 0 Å². The molecule has 6 atom stereocenters. The average molecular weight is 270 g/mol. The summed E-state index contributed by atoms with van der Waals surface area (Å²) >= 11 is 0. The molecule has 0 spiro atoms. The molecular weight excluding hydrogens is 244 g/mol. The van der Waals surface area contributed by atoms with Crippen LogP contribution in [0, 0.1) is 34.5 Å². The number of hydrogen-bond acceptors (Lipinski definition) is 1. The highest BCUT2D eigenvalue weighted by molar-refractivity contribution is 5.86. The quantitative estimate of drug-likeness (QED) is 0.591. The number of carbonyl (C=O) groups is 1. The molecule has 4 aliphatic rings. The summed E-state index contributed by atoms with van der Waals surface area (Å²) in [5, 5.41) is 0. The first-order valence-corrected chi connectivity index (χ1v) is 8.43. The maximum Gasteiger partial charge on any atom is 0.144 e. The minimum Gasteiger partial charge on any atom is -0.299 e. The minimum atomic E-state index is 0.0959. The summed E-state index contributed by atoms with van der Waals surface area (Å²) < 4.78 is 0. The van der Waals surface area contributed by atoms with Crippen LogP contribution in [0.2, 0.25) is 0 Å². The van der Waals surface area contributed by atoms with Gasteiger partial charge in [-0.3, -0.25) is 4.79 Å². The van der Waals surface area contributed by atoms with E-state index in [1.54, 1.807) is 0 Å². The lowest BCUT2D eigenvalue weighted by Crippen LogP contribution is -2.50. The van der Waals surface area contributed by atoms with E-state index in [0.29, 0.717) is 29.5 Å². The Balaban J connectivity index is 1.76. The summed E-state index contributed by atoms with van der Waals surface area (Å²) in [4.78, 5) is 12.3. The predicted molar refractivity (Wildman–Crippen MR) is 81.2 cm³/mol. The van der Waals surface area contributed by atoms with Crippen LogP contribution in [-0.4, -0.2) is 5.78 Å². The SMILES string of the molecule is C[C@@]12CCC[C@H]1[C@@H]1C=CC3C(=O)CC=C[C@]3(C)[C@H]1CC2. The molecule has 0 aromatic heterocycles. The summed E-state index contributed by atoms with van der Waals surface area (Å²) in [7, 11) is 0. The minimum absolute atomic E-state index is 0.0959. The molecule has 0 heterocycles. The third kappa shape index (κ3) is 1.53. The maximum absolute atomic E-state index is 12.3. The summed E-state index contributed by atoms with van der Waals surface area (Å²) in [5.74, 6) is 2.85. The fourth-order valence-corrected chi connectivity index (χ4v) is 6.09. The zero-order valence-corrected chi connectivity index (χ0v) is 12.8. The molecule has 0 aromatic rings. The fourth-order valence-electron chi connectivity index (χ4n) is 6.09. The number of carbonyl (C=O) groups excluding carboxylic acids is 1. The molecule has 4 aliphatic carbocycles. The van der Waals surface area contributed by atoms with E-state index in [1.165, 1.54) is 32.1 Å². The van der Waals surface area contributed by atoms with Crippen LogP contribution >= 0.6 is 0 Å². The molecule has 1 unspecified atom stereocenters. The van der Waals surface area contributed by atoms with Gasteiger partial charge in [-0.2, -0.15) is 0 Å². The van der Waals surface area contributed by atoms with Crippen molar-refractivity contribution in [1.82, 2.24) is 0 Å². The van der Waals surface area contributed by atoms with Gasteiger partial charge < -0.3 is 0 Å². The van der Waals surface area contributed by atoms with Gasteiger partial charge in [-0.05, 0) is 48.9 Å². The lowest BCUT2D eigenvalue weighted by Gasteiger charge is -2.55. The summed E-state index contributed by atoms with van der Waals surface area (Å²) in [6.07, 6.45) is 16.8. The van der Waals surface area contributed by atoms with Gasteiger partial charge in [0.2, 0.25) is 0 Å². The van der Waals surface area contributed by atoms with Crippen LogP contribution in [0.4, 0.5) is 0 Å². The zero-order chi connectivity index (χ0) is 14.0. The zero-order valence-electron chi connectivity index (χ0n) is 12.8. The Labute approximate surface area is 122 Å². The normalized spacial score (nSPS) is 53.4. The van der Waals surface area contributed by atoms with Crippen LogP contribution < -0.4 is 0 Å². The first-order valence-electron chi connectivity index (χ1n) is 8.43. The van der Waals surface area contributed by atoms with Gasteiger partial charge in [-0.25, -0.2) is 0 Å². The van der Waals surface area contributed by atoms with Crippen molar-refractivity contribution in [3.63, 3.8) is 0 Å². The second kappa shape index (κ2) is 4.08. The van der Waals surface area contributed by atoms with E-state index in [9.17, 15) is 4.79 Å². The third-order valence-corrected chi connectivity index (χ3v) is 7.25. The highest BCUT2D eigenvalue weighted by Crippen LogP contribution is 2.63. The lowest BCUT2D eigenvalue weighted by molar-refractivity contribution is -0.127. The van der Waals surface area contributed by atoms with Crippen LogP contribution in [0.3, 0.4) is 0 Å². The standard InChI is InChI=1S/C19H26O/c1-18-10-3-5-14(18)13-7-8-16-17(20)6-4-11-19(16,2)15(13)9-12-18/h4,7-8,11,13-16H,3,5-6,9-10,12H2,1-2H3/t13-,14-,15-,16?,18-,19+/m0/s1. The van der Waals surface area contributed by atoms with E-state index in [0.717, 1.165) is 5.92 Å². The smallest absolute Gasteiger partial charge is 0.144 e. The van der Waals surface area contributed by atoms with Gasteiger partial charge in [0.25, 0.3) is 0 Å². The molecule has 0 N–H and O–H groups in total. The van der Waals surface area contributed by atoms with Gasteiger partial charge in [-0.1, -0.05) is 44.6 Å². The van der Waals surface area contributed by atoms with E-state index >= 15 is 0 Å². The first kappa shape index (κ1) is 12.9. The van der Waals surface area contributed by atoms with Crippen LogP contribution in [0.1, 0.15) is 52.4 Å². The number of allylic oxidation sites excluding steroid dienone is 4. The van der Waals surface area contributed by atoms with Gasteiger partial charge in [0.15, 0.2) is 0 Å². The number of rotatable bonds is 0. The molecule has 0 aliphatic heterocycles. The Morgan fingerprint density at radius 1 is 1.10 bits per heavy atom. The predicted octanol–water partition coefficient (Wildman–Crippen LogP) is 4.54. The Morgan fingerprint density at radius 2 is 1.95 bits per heavy atom. The second-order valence-corrected chi connectivity index (χ2v) is 8.18. The van der Waals surface area contributed by atoms with Crippen LogP contribution in [0.25, 0.3) is 0 Å². The lowest BCUT2D eigenvalue weighted by atomic mass is 9.48. The summed E-state index contributed by atoms with van der Waals surface area (Å²) in [5.41, 5.74) is 0.676. The molecule has 108 valence electrons. The molecule has 0 aromatic carbocycles. The Kier molecular flexibility index (Phi) is 2.63. The van der Waals surface area contributed by atoms with Crippen LogP contribution in [0.5, 0.6) is 0 Å². The average Bonchev–Trinajstić information content (AvgIpc) is 2.80. The molecule has 1 nitrogen and oxygen atoms in total. The number of ketones is 1. The van der Waals surface area contributed by atoms with Crippen molar-refractivity contribution in [2.24, 2.45) is 34.5 Å². The van der Waals surface area contributed by atoms with Crippen LogP contribution in [0.15, 0.2) is 24.3 Å². The maximum atomic E-state index is 12.3. The van der Waals surface area contributed by atoms with Crippen molar-refractivity contribution in [2.75, 3.05) is 0 Å². The first-order chi connectivity index (χ1) is 9.55. The molecular formula is C19H26O. The largest absolute Gasteiger partial charge is 0.299 e. The van der Waals surface area contributed by atoms with Gasteiger partial charge in [0.1, 0.15) is 5.78 Å². The highest BCUT2D eigenvalue weighted by atomic mass is 16.1. The van der Waals surface area contributed by atoms with Gasteiger partial charge in [0, 0.05) is 17.8 Å². The molecule has 20 heavy (non-hydrogen) atoms. The van der Waals surface area contributed by atoms with E-state index in [2.05, 4.69) is 38.2 Å². The second-order valence-electron chi connectivity index (χ2n) is 8.18. The van der Waals surface area contributed by atoms with Crippen molar-refractivity contribution in [2.45, 2.75) is 52.4 Å². The molecule has 0 saturated heterocycles. The van der Waals surface area contributed by atoms with Crippen molar-refractivity contribution in [1.29, 1.82) is 0 Å². The number of fused-ring (bicyclic) bond motifs is 5. The van der Waals surface area contributed by atoms with Gasteiger partial charge >= 0.3 is 0 Å². The third-order valence-electron chi connectivity index (χ3n) is 7.25. The molecule has 0 radical (unpaired) electrons. The Bertz CT molecular complexity index is 502. The van der Waals surface area contributed by atoms with E-state index in [-0.39, 0.29) is 11.3 Å². The van der Waals surface area contributed by atoms with E-state index < -0.39 is 0 Å². The number of Topliss-reactive ketones (excluding diaryl/α,β-unsaturated/α-hetero) is 1. The Hall–Kier alpha value is -0.850. The van der Waals surface area contributed by atoms with Crippen molar-refractivity contribution < 1.29 is 4.79 Å². The van der Waals surface area contributed by atoms with Crippen LogP contribution in [-0.2, 0) is 4.79 Å². The summed E-state index contributed by atoms with van der Waals surface area (Å²) in [6, 6.07) is 0. The van der Waals surface area contributed by atoms with E-state index in [1.807, 2.05) is 0 Å². The van der Waals surface area contributed by atoms with Gasteiger partial charge in [-0.15, -0.1) is 0 Å². The van der Waals surface area contributed by atoms with Gasteiger partial charge in [0.05, 0.1) is 0 Å². The Morgan fingerprint density at radius 3 is 2.80 bits per heavy atom. The van der Waals surface area contributed by atoms with Crippen molar-refractivity contribution in [3.8, 4) is 0 Å². The molecule has 0 amide bonds.